The van der Waals surface area contributed by atoms with Crippen molar-refractivity contribution in [2.75, 3.05) is 0 Å². The van der Waals surface area contributed by atoms with E-state index in [0.717, 1.165) is 5.52 Å². The maximum absolute atomic E-state index is 5.80. The Hall–Kier alpha value is -0.800. The highest BCUT2D eigenvalue weighted by Crippen LogP contribution is 2.21. The van der Waals surface area contributed by atoms with Crippen LogP contribution in [0.25, 0.3) is 11.0 Å². The summed E-state index contributed by atoms with van der Waals surface area (Å²) in [6.07, 6.45) is 0. The van der Waals surface area contributed by atoms with E-state index < -0.39 is 0 Å². The maximum Gasteiger partial charge on any atom is 0.177 e. The minimum absolute atomic E-state index is 0.384. The molecule has 0 spiro atoms. The second kappa shape index (κ2) is 2.61. The van der Waals surface area contributed by atoms with Crippen LogP contribution in [0.2, 0.25) is 10.3 Å². The molecule has 0 radical (unpaired) electrons. The first kappa shape index (κ1) is 7.83. The highest BCUT2D eigenvalue weighted by atomic mass is 35.5. The maximum atomic E-state index is 5.80. The molecular weight excluding hydrogens is 197 g/mol. The van der Waals surface area contributed by atoms with Crippen LogP contribution >= 0.6 is 23.2 Å². The zero-order valence-electron chi connectivity index (χ0n) is 6.25. The summed E-state index contributed by atoms with van der Waals surface area (Å²) in [5.74, 6) is 0. The van der Waals surface area contributed by atoms with Crippen LogP contribution in [0.1, 0.15) is 0 Å². The highest BCUT2D eigenvalue weighted by Gasteiger charge is 2.07. The van der Waals surface area contributed by atoms with Gasteiger partial charge < -0.3 is 0 Å². The van der Waals surface area contributed by atoms with Gasteiger partial charge in [0.25, 0.3) is 0 Å². The van der Waals surface area contributed by atoms with Gasteiger partial charge in [0.15, 0.2) is 5.15 Å². The van der Waals surface area contributed by atoms with E-state index in [9.17, 15) is 0 Å². The average Bonchev–Trinajstić information content (AvgIpc) is 2.28. The predicted molar refractivity (Wildman–Crippen MR) is 48.5 cm³/mol. The van der Waals surface area contributed by atoms with Gasteiger partial charge in [-0.3, -0.25) is 4.68 Å². The highest BCUT2D eigenvalue weighted by molar-refractivity contribution is 6.34. The summed E-state index contributed by atoms with van der Waals surface area (Å²) >= 11 is 11.5. The zero-order chi connectivity index (χ0) is 8.72. The number of hydrogen-bond donors (Lipinski definition) is 0. The van der Waals surface area contributed by atoms with Crippen LogP contribution in [0, 0.1) is 0 Å². The molecule has 12 heavy (non-hydrogen) atoms. The lowest BCUT2D eigenvalue weighted by Crippen LogP contribution is -1.88. The monoisotopic (exact) mass is 201 g/mol. The molecule has 0 amide bonds. The third-order valence-electron chi connectivity index (χ3n) is 1.62. The number of halogens is 2. The number of fused-ring (bicyclic) bond motifs is 1. The Morgan fingerprint density at radius 2 is 2.08 bits per heavy atom. The fourth-order valence-electron chi connectivity index (χ4n) is 1.07. The molecule has 2 rings (SSSR count). The van der Waals surface area contributed by atoms with Crippen molar-refractivity contribution in [3.63, 3.8) is 0 Å². The van der Waals surface area contributed by atoms with E-state index in [2.05, 4.69) is 10.1 Å². The molecule has 0 unspecified atom stereocenters. The van der Waals surface area contributed by atoms with E-state index >= 15 is 0 Å². The number of nitrogens with zero attached hydrogens (tertiary/aromatic N) is 3. The van der Waals surface area contributed by atoms with E-state index in [4.69, 9.17) is 23.2 Å². The second-order valence-electron chi connectivity index (χ2n) is 2.42. The lowest BCUT2D eigenvalue weighted by molar-refractivity contribution is 0.797. The molecule has 2 heterocycles. The van der Waals surface area contributed by atoms with Gasteiger partial charge in [-0.1, -0.05) is 23.2 Å². The van der Waals surface area contributed by atoms with Crippen molar-refractivity contribution in [1.82, 2.24) is 14.8 Å². The van der Waals surface area contributed by atoms with E-state index in [-0.39, 0.29) is 0 Å². The summed E-state index contributed by atoms with van der Waals surface area (Å²) < 4.78 is 1.67. The number of aryl methyl sites for hydroxylation is 1. The Labute approximate surface area is 78.9 Å². The zero-order valence-corrected chi connectivity index (χ0v) is 7.76. The summed E-state index contributed by atoms with van der Waals surface area (Å²) in [6.45, 7) is 0. The first-order valence-electron chi connectivity index (χ1n) is 3.33. The molecule has 2 aromatic rings. The molecule has 62 valence electrons. The molecule has 5 heteroatoms. The lowest BCUT2D eigenvalue weighted by Gasteiger charge is -1.91. The van der Waals surface area contributed by atoms with Gasteiger partial charge in [0.1, 0.15) is 10.7 Å². The molecule has 0 atom stereocenters. The summed E-state index contributed by atoms with van der Waals surface area (Å²) in [6, 6.07) is 3.55. The predicted octanol–water partition coefficient (Wildman–Crippen LogP) is 2.28. The van der Waals surface area contributed by atoms with Crippen LogP contribution in [0.15, 0.2) is 12.1 Å². The third kappa shape index (κ3) is 1.06. The van der Waals surface area contributed by atoms with Gasteiger partial charge in [-0.15, -0.1) is 0 Å². The fourth-order valence-corrected chi connectivity index (χ4v) is 1.47. The number of pyridine rings is 1. The minimum atomic E-state index is 0.384. The van der Waals surface area contributed by atoms with Crippen LogP contribution in [-0.2, 0) is 7.05 Å². The summed E-state index contributed by atoms with van der Waals surface area (Å²) in [7, 11) is 1.81. The molecule has 3 nitrogen and oxygen atoms in total. The van der Waals surface area contributed by atoms with Gasteiger partial charge in [0.2, 0.25) is 0 Å². The molecule has 0 aliphatic carbocycles. The summed E-state index contributed by atoms with van der Waals surface area (Å²) in [5, 5.41) is 4.80. The number of aromatic nitrogens is 3. The Balaban J connectivity index is 2.90. The molecule has 0 saturated carbocycles. The average molecular weight is 202 g/mol. The van der Waals surface area contributed by atoms with Crippen molar-refractivity contribution >= 4 is 34.2 Å². The lowest BCUT2D eigenvalue weighted by atomic mass is 10.4. The van der Waals surface area contributed by atoms with Gasteiger partial charge in [-0.2, -0.15) is 5.10 Å². The molecule has 0 fully saturated rings. The van der Waals surface area contributed by atoms with Gasteiger partial charge in [0.05, 0.1) is 5.52 Å². The van der Waals surface area contributed by atoms with Crippen LogP contribution in [-0.4, -0.2) is 14.8 Å². The van der Waals surface area contributed by atoms with Crippen molar-refractivity contribution in [2.24, 2.45) is 7.05 Å². The summed E-state index contributed by atoms with van der Waals surface area (Å²) in [4.78, 5) is 4.05. The SMILES string of the molecule is Cn1nc(Cl)c2nc(Cl)ccc21. The third-order valence-corrected chi connectivity index (χ3v) is 2.09. The van der Waals surface area contributed by atoms with E-state index in [0.29, 0.717) is 15.8 Å². The van der Waals surface area contributed by atoms with E-state index in [1.165, 1.54) is 0 Å². The molecule has 0 N–H and O–H groups in total. The van der Waals surface area contributed by atoms with Crippen molar-refractivity contribution in [1.29, 1.82) is 0 Å². The second-order valence-corrected chi connectivity index (χ2v) is 3.16. The van der Waals surface area contributed by atoms with Gasteiger partial charge in [0, 0.05) is 7.05 Å². The van der Waals surface area contributed by atoms with Crippen molar-refractivity contribution < 1.29 is 0 Å². The molecular formula is C7H5Cl2N3. The first-order chi connectivity index (χ1) is 5.68. The standard InChI is InChI=1S/C7H5Cl2N3/c1-12-4-2-3-5(8)10-6(4)7(9)11-12/h2-3H,1H3. The van der Waals surface area contributed by atoms with Crippen LogP contribution in [0.3, 0.4) is 0 Å². The molecule has 2 aromatic heterocycles. The Bertz CT molecular complexity index is 435. The van der Waals surface area contributed by atoms with E-state index in [1.54, 1.807) is 10.7 Å². The number of rotatable bonds is 0. The summed E-state index contributed by atoms with van der Waals surface area (Å²) in [5.41, 5.74) is 1.52. The molecule has 0 aliphatic heterocycles. The molecule has 0 aliphatic rings. The van der Waals surface area contributed by atoms with Crippen LogP contribution in [0.5, 0.6) is 0 Å². The Morgan fingerprint density at radius 1 is 1.33 bits per heavy atom. The van der Waals surface area contributed by atoms with Gasteiger partial charge in [-0.25, -0.2) is 4.98 Å². The van der Waals surface area contributed by atoms with Gasteiger partial charge in [-0.05, 0) is 12.1 Å². The Morgan fingerprint density at radius 3 is 2.83 bits per heavy atom. The first-order valence-corrected chi connectivity index (χ1v) is 4.09. The van der Waals surface area contributed by atoms with Crippen molar-refractivity contribution in [3.8, 4) is 0 Å². The molecule has 0 aromatic carbocycles. The molecule has 0 saturated heterocycles. The minimum Gasteiger partial charge on any atom is -0.265 e. The fraction of sp³-hybridized carbons (Fsp3) is 0.143. The van der Waals surface area contributed by atoms with Crippen molar-refractivity contribution in [3.05, 3.63) is 22.4 Å². The number of hydrogen-bond acceptors (Lipinski definition) is 2. The van der Waals surface area contributed by atoms with Crippen LogP contribution < -0.4 is 0 Å². The van der Waals surface area contributed by atoms with Gasteiger partial charge >= 0.3 is 0 Å². The quantitative estimate of drug-likeness (QED) is 0.613. The topological polar surface area (TPSA) is 30.7 Å². The largest absolute Gasteiger partial charge is 0.265 e. The smallest absolute Gasteiger partial charge is 0.177 e. The Kier molecular flexibility index (Phi) is 1.70. The van der Waals surface area contributed by atoms with E-state index in [1.807, 2.05) is 13.1 Å². The van der Waals surface area contributed by atoms with Crippen LogP contribution in [0.4, 0.5) is 0 Å². The van der Waals surface area contributed by atoms with Crippen molar-refractivity contribution in [2.45, 2.75) is 0 Å². The normalized spacial score (nSPS) is 10.9. The molecule has 0 bridgehead atoms.